The molecule has 2 N–H and O–H groups in total. The molecule has 0 saturated carbocycles. The number of halogens is 1. The average Bonchev–Trinajstić information content (AvgIpc) is 2.64. The molecular formula is C14H20BrNO3. The molecule has 0 unspecified atom stereocenters. The van der Waals surface area contributed by atoms with Crippen molar-refractivity contribution in [3.8, 4) is 17.2 Å². The lowest BCUT2D eigenvalue weighted by molar-refractivity contribution is 0.295. The highest BCUT2D eigenvalue weighted by Crippen LogP contribution is 2.44. The molecule has 0 bridgehead atoms. The van der Waals surface area contributed by atoms with E-state index in [0.29, 0.717) is 19.8 Å². The third kappa shape index (κ3) is 3.34. The van der Waals surface area contributed by atoms with E-state index in [9.17, 15) is 0 Å². The normalized spacial score (nSPS) is 14.1. The Hall–Kier alpha value is -0.940. The van der Waals surface area contributed by atoms with Crippen LogP contribution in [0.15, 0.2) is 10.5 Å². The van der Waals surface area contributed by atoms with Gasteiger partial charge in [-0.05, 0) is 41.7 Å². The Bertz CT molecular complexity index is 437. The molecule has 0 fully saturated rings. The van der Waals surface area contributed by atoms with Crippen LogP contribution in [-0.2, 0) is 6.42 Å². The third-order valence-electron chi connectivity index (χ3n) is 3.12. The number of methoxy groups -OCH3 is 1. The fourth-order valence-corrected chi connectivity index (χ4v) is 2.83. The molecule has 1 aromatic rings. The van der Waals surface area contributed by atoms with Crippen molar-refractivity contribution in [3.63, 3.8) is 0 Å². The Morgan fingerprint density at radius 1 is 1.32 bits per heavy atom. The Morgan fingerprint density at radius 2 is 2.11 bits per heavy atom. The van der Waals surface area contributed by atoms with Crippen LogP contribution < -0.4 is 19.9 Å². The highest BCUT2D eigenvalue weighted by Gasteiger charge is 2.21. The summed E-state index contributed by atoms with van der Waals surface area (Å²) < 4.78 is 18.0. The molecule has 0 saturated heterocycles. The van der Waals surface area contributed by atoms with Crippen LogP contribution in [0.4, 0.5) is 0 Å². The van der Waals surface area contributed by atoms with Crippen LogP contribution in [-0.4, -0.2) is 26.9 Å². The van der Waals surface area contributed by atoms with Crippen molar-refractivity contribution in [2.45, 2.75) is 25.7 Å². The minimum Gasteiger partial charge on any atom is -0.495 e. The maximum Gasteiger partial charge on any atom is 0.168 e. The van der Waals surface area contributed by atoms with Crippen LogP contribution in [0.5, 0.6) is 17.2 Å². The summed E-state index contributed by atoms with van der Waals surface area (Å²) in [6.07, 6.45) is 3.78. The van der Waals surface area contributed by atoms with Crippen LogP contribution in [0.1, 0.15) is 24.8 Å². The Labute approximate surface area is 122 Å². The van der Waals surface area contributed by atoms with E-state index in [2.05, 4.69) is 15.9 Å². The molecule has 0 spiro atoms. The lowest BCUT2D eigenvalue weighted by Crippen LogP contribution is -2.03. The van der Waals surface area contributed by atoms with Crippen LogP contribution in [0, 0.1) is 0 Å². The summed E-state index contributed by atoms with van der Waals surface area (Å²) in [5.41, 5.74) is 6.63. The Balaban J connectivity index is 2.37. The van der Waals surface area contributed by atoms with Crippen molar-refractivity contribution in [1.82, 2.24) is 0 Å². The molecule has 2 rings (SSSR count). The fourth-order valence-electron chi connectivity index (χ4n) is 2.22. The molecular weight excluding hydrogens is 310 g/mol. The Morgan fingerprint density at radius 3 is 2.84 bits per heavy atom. The van der Waals surface area contributed by atoms with Crippen molar-refractivity contribution in [2.75, 3.05) is 26.9 Å². The van der Waals surface area contributed by atoms with E-state index >= 15 is 0 Å². The molecule has 19 heavy (non-hydrogen) atoms. The first-order valence-electron chi connectivity index (χ1n) is 6.63. The van der Waals surface area contributed by atoms with E-state index in [0.717, 1.165) is 53.0 Å². The number of rotatable bonds is 5. The van der Waals surface area contributed by atoms with Crippen LogP contribution in [0.3, 0.4) is 0 Å². The number of ether oxygens (including phenoxy) is 3. The van der Waals surface area contributed by atoms with Crippen LogP contribution >= 0.6 is 15.9 Å². The molecule has 0 radical (unpaired) electrons. The monoisotopic (exact) mass is 329 g/mol. The minimum absolute atomic E-state index is 0.682. The van der Waals surface area contributed by atoms with E-state index in [1.165, 1.54) is 0 Å². The summed E-state index contributed by atoms with van der Waals surface area (Å²) in [4.78, 5) is 0. The van der Waals surface area contributed by atoms with Crippen LogP contribution in [0.2, 0.25) is 0 Å². The summed E-state index contributed by atoms with van der Waals surface area (Å²) in [5, 5.41) is 0. The van der Waals surface area contributed by atoms with Gasteiger partial charge in [0.15, 0.2) is 11.5 Å². The smallest absolute Gasteiger partial charge is 0.168 e. The quantitative estimate of drug-likeness (QED) is 0.844. The van der Waals surface area contributed by atoms with Gasteiger partial charge in [0.1, 0.15) is 5.75 Å². The molecule has 1 aromatic carbocycles. The van der Waals surface area contributed by atoms with Crippen molar-refractivity contribution < 1.29 is 14.2 Å². The van der Waals surface area contributed by atoms with Gasteiger partial charge in [-0.3, -0.25) is 0 Å². The van der Waals surface area contributed by atoms with Gasteiger partial charge in [-0.2, -0.15) is 0 Å². The van der Waals surface area contributed by atoms with Gasteiger partial charge in [-0.25, -0.2) is 0 Å². The van der Waals surface area contributed by atoms with Gasteiger partial charge in [0, 0.05) is 18.1 Å². The van der Waals surface area contributed by atoms with Crippen molar-refractivity contribution >= 4 is 15.9 Å². The first-order chi connectivity index (χ1) is 9.27. The van der Waals surface area contributed by atoms with E-state index < -0.39 is 0 Å². The van der Waals surface area contributed by atoms with E-state index in [-0.39, 0.29) is 0 Å². The second-order valence-corrected chi connectivity index (χ2v) is 5.35. The molecule has 0 aliphatic carbocycles. The van der Waals surface area contributed by atoms with Crippen molar-refractivity contribution in [2.24, 2.45) is 5.73 Å². The predicted molar refractivity (Wildman–Crippen MR) is 78.3 cm³/mol. The van der Waals surface area contributed by atoms with Crippen LogP contribution in [0.25, 0.3) is 0 Å². The Kier molecular flexibility index (Phi) is 5.34. The van der Waals surface area contributed by atoms with E-state index in [4.69, 9.17) is 19.9 Å². The van der Waals surface area contributed by atoms with Gasteiger partial charge in [-0.15, -0.1) is 0 Å². The van der Waals surface area contributed by atoms with Gasteiger partial charge in [0.2, 0.25) is 0 Å². The number of unbranched alkanes of at least 4 members (excludes halogenated alkanes) is 1. The summed E-state index contributed by atoms with van der Waals surface area (Å²) in [6, 6.07) is 1.92. The molecule has 5 heteroatoms. The number of nitrogens with two attached hydrogens (primary N) is 1. The predicted octanol–water partition coefficient (Wildman–Crippen LogP) is 2.90. The van der Waals surface area contributed by atoms with E-state index in [1.54, 1.807) is 7.11 Å². The first-order valence-corrected chi connectivity index (χ1v) is 7.42. The number of hydrogen-bond acceptors (Lipinski definition) is 4. The van der Waals surface area contributed by atoms with Crippen molar-refractivity contribution in [1.29, 1.82) is 0 Å². The van der Waals surface area contributed by atoms with Gasteiger partial charge in [0.25, 0.3) is 0 Å². The largest absolute Gasteiger partial charge is 0.495 e. The third-order valence-corrected chi connectivity index (χ3v) is 3.71. The maximum atomic E-state index is 5.85. The SMILES string of the molecule is COc1c(Br)cc2c(c1CCCCN)OCCCO2. The number of fused-ring (bicyclic) bond motifs is 1. The molecule has 4 nitrogen and oxygen atoms in total. The first kappa shape index (κ1) is 14.5. The minimum atomic E-state index is 0.682. The standard InChI is InChI=1S/C14H20BrNO3/c1-17-13-10(5-2-3-6-16)14-12(9-11(13)15)18-7-4-8-19-14/h9H,2-8,16H2,1H3. The molecule has 106 valence electrons. The van der Waals surface area contributed by atoms with Gasteiger partial charge >= 0.3 is 0 Å². The summed E-state index contributed by atoms with van der Waals surface area (Å²) in [7, 11) is 1.68. The highest BCUT2D eigenvalue weighted by atomic mass is 79.9. The summed E-state index contributed by atoms with van der Waals surface area (Å²) in [6.45, 7) is 2.07. The average molecular weight is 330 g/mol. The molecule has 0 amide bonds. The molecule has 0 atom stereocenters. The number of hydrogen-bond donors (Lipinski definition) is 1. The molecule has 1 aliphatic rings. The van der Waals surface area contributed by atoms with Gasteiger partial charge in [0.05, 0.1) is 24.8 Å². The zero-order valence-corrected chi connectivity index (χ0v) is 12.8. The lowest BCUT2D eigenvalue weighted by atomic mass is 10.0. The summed E-state index contributed by atoms with van der Waals surface area (Å²) >= 11 is 3.54. The fraction of sp³-hybridized carbons (Fsp3) is 0.571. The molecule has 1 aliphatic heterocycles. The number of benzene rings is 1. The van der Waals surface area contributed by atoms with Gasteiger partial charge < -0.3 is 19.9 Å². The van der Waals surface area contributed by atoms with Crippen molar-refractivity contribution in [3.05, 3.63) is 16.1 Å². The second kappa shape index (κ2) is 7.01. The zero-order chi connectivity index (χ0) is 13.7. The topological polar surface area (TPSA) is 53.7 Å². The molecule has 0 aromatic heterocycles. The maximum absolute atomic E-state index is 5.85. The highest BCUT2D eigenvalue weighted by molar-refractivity contribution is 9.10. The van der Waals surface area contributed by atoms with E-state index in [1.807, 2.05) is 6.07 Å². The summed E-state index contributed by atoms with van der Waals surface area (Å²) in [5.74, 6) is 2.46. The lowest BCUT2D eigenvalue weighted by Gasteiger charge is -2.17. The molecule has 1 heterocycles. The second-order valence-electron chi connectivity index (χ2n) is 4.49. The van der Waals surface area contributed by atoms with Gasteiger partial charge in [-0.1, -0.05) is 0 Å². The zero-order valence-electron chi connectivity index (χ0n) is 11.2.